The second-order valence-corrected chi connectivity index (χ2v) is 6.30. The number of nitrogens with one attached hydrogen (secondary N) is 2. The number of hydrogen-bond donors (Lipinski definition) is 2. The molecule has 0 atom stereocenters. The number of guanidine groups is 1. The van der Waals surface area contributed by atoms with Crippen LogP contribution in [-0.4, -0.2) is 33.0 Å². The molecule has 2 aliphatic rings. The third kappa shape index (κ3) is 4.92. The minimum atomic E-state index is 0. The van der Waals surface area contributed by atoms with E-state index in [1.54, 1.807) is 7.05 Å². The molecule has 0 unspecified atom stereocenters. The van der Waals surface area contributed by atoms with Crippen LogP contribution in [-0.2, 0) is 13.1 Å². The molecule has 0 bridgehead atoms. The number of benzene rings is 2. The highest BCUT2D eigenvalue weighted by Crippen LogP contribution is 2.32. The van der Waals surface area contributed by atoms with Gasteiger partial charge in [0.15, 0.2) is 29.0 Å². The lowest BCUT2D eigenvalue weighted by Crippen LogP contribution is -2.36. The van der Waals surface area contributed by atoms with Gasteiger partial charge in [0.2, 0.25) is 6.79 Å². The second-order valence-electron chi connectivity index (χ2n) is 6.30. The van der Waals surface area contributed by atoms with Gasteiger partial charge in [-0.2, -0.15) is 0 Å². The second kappa shape index (κ2) is 9.72. The van der Waals surface area contributed by atoms with E-state index in [0.717, 1.165) is 46.5 Å². The molecule has 0 aliphatic carbocycles. The summed E-state index contributed by atoms with van der Waals surface area (Å²) < 4.78 is 22.2. The molecule has 2 heterocycles. The molecule has 4 rings (SSSR count). The lowest BCUT2D eigenvalue weighted by atomic mass is 10.2. The highest BCUT2D eigenvalue weighted by atomic mass is 127. The summed E-state index contributed by atoms with van der Waals surface area (Å²) in [6.45, 7) is 2.93. The zero-order valence-corrected chi connectivity index (χ0v) is 18.0. The van der Waals surface area contributed by atoms with Crippen molar-refractivity contribution >= 4 is 29.9 Å². The van der Waals surface area contributed by atoms with E-state index in [-0.39, 0.29) is 30.8 Å². The lowest BCUT2D eigenvalue weighted by molar-refractivity contribution is 0.174. The Morgan fingerprint density at radius 3 is 2.00 bits per heavy atom. The predicted molar refractivity (Wildman–Crippen MR) is 117 cm³/mol. The van der Waals surface area contributed by atoms with E-state index in [1.165, 1.54) is 0 Å². The lowest BCUT2D eigenvalue weighted by Gasteiger charge is -2.13. The van der Waals surface area contributed by atoms with Crippen LogP contribution in [0.1, 0.15) is 17.5 Å². The Morgan fingerprint density at radius 1 is 0.821 bits per heavy atom. The summed E-state index contributed by atoms with van der Waals surface area (Å²) in [5, 5.41) is 6.62. The monoisotopic (exact) mass is 497 g/mol. The molecule has 0 aromatic heterocycles. The molecular formula is C20H24IN3O4. The molecule has 2 aromatic rings. The van der Waals surface area contributed by atoms with Crippen LogP contribution in [0.2, 0.25) is 0 Å². The molecule has 0 radical (unpaired) electrons. The molecule has 0 saturated heterocycles. The maximum Gasteiger partial charge on any atom is 0.231 e. The maximum atomic E-state index is 5.74. The summed E-state index contributed by atoms with van der Waals surface area (Å²) in [6.07, 6.45) is 0.901. The zero-order chi connectivity index (χ0) is 18.5. The summed E-state index contributed by atoms with van der Waals surface area (Å²) in [5.41, 5.74) is 2.20. The summed E-state index contributed by atoms with van der Waals surface area (Å²) >= 11 is 0. The highest BCUT2D eigenvalue weighted by molar-refractivity contribution is 14.0. The molecule has 8 heteroatoms. The van der Waals surface area contributed by atoms with Crippen LogP contribution < -0.4 is 29.6 Å². The first-order valence-electron chi connectivity index (χ1n) is 9.03. The van der Waals surface area contributed by atoms with Gasteiger partial charge in [-0.1, -0.05) is 12.1 Å². The van der Waals surface area contributed by atoms with Crippen molar-refractivity contribution < 1.29 is 18.9 Å². The molecule has 0 amide bonds. The number of fused-ring (bicyclic) bond motifs is 2. The summed E-state index contributed by atoms with van der Waals surface area (Å²) in [4.78, 5) is 4.28. The van der Waals surface area contributed by atoms with E-state index < -0.39 is 0 Å². The Bertz CT molecular complexity index is 844. The Hall–Kier alpha value is -2.36. The van der Waals surface area contributed by atoms with Crippen LogP contribution in [0.25, 0.3) is 0 Å². The van der Waals surface area contributed by atoms with Gasteiger partial charge in [0.05, 0.1) is 13.2 Å². The van der Waals surface area contributed by atoms with E-state index >= 15 is 0 Å². The Morgan fingerprint density at radius 2 is 1.36 bits per heavy atom. The van der Waals surface area contributed by atoms with Gasteiger partial charge < -0.3 is 29.6 Å². The number of halogens is 1. The van der Waals surface area contributed by atoms with Crippen LogP contribution in [0.3, 0.4) is 0 Å². The number of aliphatic imine (C=N–C) groups is 1. The van der Waals surface area contributed by atoms with Crippen molar-refractivity contribution in [2.45, 2.75) is 19.5 Å². The van der Waals surface area contributed by atoms with Gasteiger partial charge in [-0.25, -0.2) is 0 Å². The van der Waals surface area contributed by atoms with Crippen molar-refractivity contribution in [1.82, 2.24) is 10.6 Å². The quantitative estimate of drug-likeness (QED) is 0.385. The fourth-order valence-corrected chi connectivity index (χ4v) is 2.96. The molecule has 2 aliphatic heterocycles. The molecule has 0 fully saturated rings. The number of hydrogen-bond acceptors (Lipinski definition) is 5. The number of nitrogens with zero attached hydrogens (tertiary/aromatic N) is 1. The first-order chi connectivity index (χ1) is 13.3. The van der Waals surface area contributed by atoms with Gasteiger partial charge in [0.25, 0.3) is 0 Å². The van der Waals surface area contributed by atoms with Gasteiger partial charge in [0.1, 0.15) is 0 Å². The normalized spacial score (nSPS) is 14.7. The van der Waals surface area contributed by atoms with Crippen molar-refractivity contribution in [1.29, 1.82) is 0 Å². The SMILES string of the molecule is CN=C(NCc1ccc2c(c1)OCCCO2)NCc1ccc2c(c1)OCO2.I. The third-order valence-corrected chi connectivity index (χ3v) is 4.39. The minimum Gasteiger partial charge on any atom is -0.490 e. The fourth-order valence-electron chi connectivity index (χ4n) is 2.96. The van der Waals surface area contributed by atoms with Crippen molar-refractivity contribution in [2.24, 2.45) is 4.99 Å². The number of rotatable bonds is 4. The van der Waals surface area contributed by atoms with Crippen LogP contribution >= 0.6 is 24.0 Å². The Kier molecular flexibility index (Phi) is 7.07. The number of ether oxygens (including phenoxy) is 4. The van der Waals surface area contributed by atoms with E-state index in [4.69, 9.17) is 18.9 Å². The highest BCUT2D eigenvalue weighted by Gasteiger charge is 2.13. The van der Waals surface area contributed by atoms with Crippen molar-refractivity contribution in [2.75, 3.05) is 27.1 Å². The third-order valence-electron chi connectivity index (χ3n) is 4.39. The van der Waals surface area contributed by atoms with Gasteiger partial charge in [-0.3, -0.25) is 4.99 Å². The van der Waals surface area contributed by atoms with E-state index in [0.29, 0.717) is 26.3 Å². The summed E-state index contributed by atoms with van der Waals surface area (Å²) in [7, 11) is 1.75. The minimum absolute atomic E-state index is 0. The molecular weight excluding hydrogens is 473 g/mol. The summed E-state index contributed by atoms with van der Waals surface area (Å²) in [6, 6.07) is 11.9. The van der Waals surface area contributed by atoms with Crippen molar-refractivity contribution in [3.05, 3.63) is 47.5 Å². The van der Waals surface area contributed by atoms with Crippen molar-refractivity contribution in [3.63, 3.8) is 0 Å². The first kappa shape index (κ1) is 20.4. The topological polar surface area (TPSA) is 73.3 Å². The molecule has 0 saturated carbocycles. The maximum absolute atomic E-state index is 5.74. The van der Waals surface area contributed by atoms with E-state index in [9.17, 15) is 0 Å². The average molecular weight is 497 g/mol. The standard InChI is InChI=1S/C20H23N3O4.HI/c1-21-20(23-12-15-4-6-17-19(10-15)27-13-26-17)22-11-14-3-5-16-18(9-14)25-8-2-7-24-16;/h3-6,9-10H,2,7-8,11-13H2,1H3,(H2,21,22,23);1H. The Labute approximate surface area is 181 Å². The van der Waals surface area contributed by atoms with Crippen molar-refractivity contribution in [3.8, 4) is 23.0 Å². The zero-order valence-electron chi connectivity index (χ0n) is 15.7. The molecule has 150 valence electrons. The molecule has 2 aromatic carbocycles. The Balaban J connectivity index is 0.00000225. The summed E-state index contributed by atoms with van der Waals surface area (Å²) in [5.74, 6) is 3.90. The van der Waals surface area contributed by atoms with Gasteiger partial charge >= 0.3 is 0 Å². The fraction of sp³-hybridized carbons (Fsp3) is 0.350. The van der Waals surface area contributed by atoms with Crippen LogP contribution in [0.4, 0.5) is 0 Å². The van der Waals surface area contributed by atoms with Gasteiger partial charge in [-0.05, 0) is 35.4 Å². The van der Waals surface area contributed by atoms with Crippen LogP contribution in [0.15, 0.2) is 41.4 Å². The first-order valence-corrected chi connectivity index (χ1v) is 9.03. The van der Waals surface area contributed by atoms with E-state index in [1.807, 2.05) is 36.4 Å². The molecule has 2 N–H and O–H groups in total. The molecule has 28 heavy (non-hydrogen) atoms. The van der Waals surface area contributed by atoms with Gasteiger partial charge in [0, 0.05) is 26.6 Å². The average Bonchev–Trinajstić information content (AvgIpc) is 3.04. The largest absolute Gasteiger partial charge is 0.490 e. The predicted octanol–water partition coefficient (Wildman–Crippen LogP) is 3.06. The van der Waals surface area contributed by atoms with Crippen LogP contribution in [0, 0.1) is 0 Å². The van der Waals surface area contributed by atoms with Crippen LogP contribution in [0.5, 0.6) is 23.0 Å². The smallest absolute Gasteiger partial charge is 0.231 e. The molecule has 7 nitrogen and oxygen atoms in total. The van der Waals surface area contributed by atoms with E-state index in [2.05, 4.69) is 15.6 Å². The molecule has 0 spiro atoms. The van der Waals surface area contributed by atoms with Gasteiger partial charge in [-0.15, -0.1) is 24.0 Å².